The van der Waals surface area contributed by atoms with Gasteiger partial charge in [0.25, 0.3) is 0 Å². The quantitative estimate of drug-likeness (QED) is 0.752. The molecule has 0 N–H and O–H groups in total. The number of pyridine rings is 1. The summed E-state index contributed by atoms with van der Waals surface area (Å²) in [5, 5.41) is 8.64. The fraction of sp³-hybridized carbons (Fsp3) is 0.417. The molecule has 78 valence electrons. The number of rotatable bonds is 4. The lowest BCUT2D eigenvalue weighted by atomic mass is 9.83. The largest absolute Gasteiger partial charge is 0.299 e. The predicted molar refractivity (Wildman–Crippen MR) is 57.1 cm³/mol. The topological polar surface area (TPSA) is 53.8 Å². The van der Waals surface area contributed by atoms with Crippen LogP contribution < -0.4 is 0 Å². The smallest absolute Gasteiger partial charge is 0.137 e. The third kappa shape index (κ3) is 2.88. The molecule has 0 radical (unpaired) electrons. The Hall–Kier alpha value is -1.69. The third-order valence-corrected chi connectivity index (χ3v) is 2.49. The molecule has 2 unspecified atom stereocenters. The molecule has 0 spiro atoms. The molecule has 0 bridgehead atoms. The van der Waals surface area contributed by atoms with Gasteiger partial charge in [-0.2, -0.15) is 5.26 Å². The molecule has 1 rings (SSSR count). The lowest BCUT2D eigenvalue weighted by Gasteiger charge is -2.19. The summed E-state index contributed by atoms with van der Waals surface area (Å²) in [6, 6.07) is 5.77. The first-order valence-electron chi connectivity index (χ1n) is 4.94. The van der Waals surface area contributed by atoms with E-state index in [2.05, 4.69) is 11.1 Å². The van der Waals surface area contributed by atoms with Crippen LogP contribution in [0.15, 0.2) is 24.5 Å². The van der Waals surface area contributed by atoms with E-state index in [9.17, 15) is 4.79 Å². The highest BCUT2D eigenvalue weighted by molar-refractivity contribution is 5.83. The fourth-order valence-corrected chi connectivity index (χ4v) is 1.80. The minimum Gasteiger partial charge on any atom is -0.299 e. The van der Waals surface area contributed by atoms with Crippen LogP contribution in [0.2, 0.25) is 0 Å². The second-order valence-electron chi connectivity index (χ2n) is 3.71. The molecule has 3 nitrogen and oxygen atoms in total. The third-order valence-electron chi connectivity index (χ3n) is 2.49. The maximum absolute atomic E-state index is 11.5. The van der Waals surface area contributed by atoms with Gasteiger partial charge in [-0.25, -0.2) is 0 Å². The highest BCUT2D eigenvalue weighted by Crippen LogP contribution is 2.27. The van der Waals surface area contributed by atoms with Gasteiger partial charge < -0.3 is 0 Å². The second kappa shape index (κ2) is 5.26. The Morgan fingerprint density at radius 1 is 1.53 bits per heavy atom. The van der Waals surface area contributed by atoms with E-state index in [4.69, 9.17) is 5.26 Å². The maximum atomic E-state index is 11.5. The Labute approximate surface area is 89.8 Å². The van der Waals surface area contributed by atoms with E-state index in [1.165, 1.54) is 0 Å². The average Bonchev–Trinajstić information content (AvgIpc) is 2.19. The van der Waals surface area contributed by atoms with Gasteiger partial charge >= 0.3 is 0 Å². The lowest BCUT2D eigenvalue weighted by molar-refractivity contribution is -0.119. The molecule has 1 heterocycles. The number of aromatic nitrogens is 1. The van der Waals surface area contributed by atoms with Gasteiger partial charge in [-0.05, 0) is 30.5 Å². The molecule has 0 aliphatic heterocycles. The van der Waals surface area contributed by atoms with Gasteiger partial charge in [0, 0.05) is 24.7 Å². The molecule has 0 amide bonds. The molecule has 1 aromatic heterocycles. The number of nitrogens with zero attached hydrogens (tertiary/aromatic N) is 2. The first-order chi connectivity index (χ1) is 7.16. The van der Waals surface area contributed by atoms with Crippen molar-refractivity contribution >= 4 is 5.78 Å². The van der Waals surface area contributed by atoms with Crippen molar-refractivity contribution in [3.63, 3.8) is 0 Å². The average molecular weight is 202 g/mol. The zero-order chi connectivity index (χ0) is 11.3. The number of hydrogen-bond acceptors (Lipinski definition) is 3. The number of hydrogen-bond donors (Lipinski definition) is 0. The van der Waals surface area contributed by atoms with Gasteiger partial charge in [0.2, 0.25) is 0 Å². The number of ketones is 1. The van der Waals surface area contributed by atoms with E-state index >= 15 is 0 Å². The Balaban J connectivity index is 2.94. The molecule has 0 saturated heterocycles. The number of Topliss-reactive ketones (excluding diaryl/α,β-unsaturated/α-hetero) is 1. The van der Waals surface area contributed by atoms with Crippen LogP contribution in [-0.4, -0.2) is 10.8 Å². The fourth-order valence-electron chi connectivity index (χ4n) is 1.80. The van der Waals surface area contributed by atoms with Crippen molar-refractivity contribution in [1.29, 1.82) is 5.26 Å². The summed E-state index contributed by atoms with van der Waals surface area (Å²) in [6.45, 7) is 3.49. The van der Waals surface area contributed by atoms with Crippen LogP contribution in [0.4, 0.5) is 0 Å². The second-order valence-corrected chi connectivity index (χ2v) is 3.71. The van der Waals surface area contributed by atoms with Crippen molar-refractivity contribution < 1.29 is 4.79 Å². The van der Waals surface area contributed by atoms with Gasteiger partial charge in [0.15, 0.2) is 0 Å². The normalized spacial score (nSPS) is 13.9. The van der Waals surface area contributed by atoms with E-state index in [0.717, 1.165) is 5.56 Å². The molecule has 1 aromatic rings. The summed E-state index contributed by atoms with van der Waals surface area (Å²) < 4.78 is 0. The van der Waals surface area contributed by atoms with Crippen LogP contribution in [0.3, 0.4) is 0 Å². The summed E-state index contributed by atoms with van der Waals surface area (Å²) in [5.41, 5.74) is 0.945. The minimum atomic E-state index is -0.187. The number of carbonyl (C=O) groups excluding carboxylic acids is 1. The standard InChI is InChI=1S/C12H14N2O/c1-9(3-6-13)12(10(2)15)11-4-7-14-8-5-11/h4-5,7-9,12H,3H2,1-2H3. The van der Waals surface area contributed by atoms with Crippen molar-refractivity contribution in [3.8, 4) is 6.07 Å². The summed E-state index contributed by atoms with van der Waals surface area (Å²) in [7, 11) is 0. The summed E-state index contributed by atoms with van der Waals surface area (Å²) >= 11 is 0. The molecule has 0 aliphatic rings. The summed E-state index contributed by atoms with van der Waals surface area (Å²) in [5.74, 6) is -0.0356. The van der Waals surface area contributed by atoms with Gasteiger partial charge in [-0.1, -0.05) is 6.92 Å². The number of nitriles is 1. The Kier molecular flexibility index (Phi) is 3.99. The van der Waals surface area contributed by atoms with Crippen molar-refractivity contribution in [2.75, 3.05) is 0 Å². The van der Waals surface area contributed by atoms with Crippen molar-refractivity contribution in [1.82, 2.24) is 4.98 Å². The zero-order valence-corrected chi connectivity index (χ0v) is 8.97. The summed E-state index contributed by atoms with van der Waals surface area (Å²) in [4.78, 5) is 15.4. The highest BCUT2D eigenvalue weighted by Gasteiger charge is 2.23. The predicted octanol–water partition coefficient (Wildman–Crippen LogP) is 2.30. The van der Waals surface area contributed by atoms with Crippen molar-refractivity contribution in [2.24, 2.45) is 5.92 Å². The Morgan fingerprint density at radius 3 is 2.60 bits per heavy atom. The molecule has 0 aliphatic carbocycles. The van der Waals surface area contributed by atoms with Gasteiger partial charge in [0.05, 0.1) is 6.07 Å². The zero-order valence-electron chi connectivity index (χ0n) is 8.97. The van der Waals surface area contributed by atoms with Crippen LogP contribution >= 0.6 is 0 Å². The SMILES string of the molecule is CC(=O)C(c1ccncc1)C(C)CC#N. The Bertz CT molecular complexity index is 367. The van der Waals surface area contributed by atoms with E-state index in [-0.39, 0.29) is 17.6 Å². The maximum Gasteiger partial charge on any atom is 0.137 e. The van der Waals surface area contributed by atoms with Gasteiger partial charge in [-0.15, -0.1) is 0 Å². The van der Waals surface area contributed by atoms with E-state index in [1.807, 2.05) is 19.1 Å². The van der Waals surface area contributed by atoms with Gasteiger partial charge in [0.1, 0.15) is 5.78 Å². The van der Waals surface area contributed by atoms with Gasteiger partial charge in [-0.3, -0.25) is 9.78 Å². The van der Waals surface area contributed by atoms with Crippen LogP contribution in [0.5, 0.6) is 0 Å². The molecular weight excluding hydrogens is 188 g/mol. The molecule has 2 atom stereocenters. The molecule has 0 fully saturated rings. The van der Waals surface area contributed by atoms with Crippen LogP contribution in [0.1, 0.15) is 31.7 Å². The first-order valence-corrected chi connectivity index (χ1v) is 4.94. The number of carbonyl (C=O) groups is 1. The van der Waals surface area contributed by atoms with Crippen LogP contribution in [-0.2, 0) is 4.79 Å². The monoisotopic (exact) mass is 202 g/mol. The molecule has 3 heteroatoms. The first kappa shape index (κ1) is 11.4. The van der Waals surface area contributed by atoms with E-state index in [1.54, 1.807) is 19.3 Å². The molecular formula is C12H14N2O. The van der Waals surface area contributed by atoms with E-state index in [0.29, 0.717) is 6.42 Å². The molecule has 0 saturated carbocycles. The minimum absolute atomic E-state index is 0.0508. The highest BCUT2D eigenvalue weighted by atomic mass is 16.1. The summed E-state index contributed by atoms with van der Waals surface area (Å²) in [6.07, 6.45) is 3.74. The lowest BCUT2D eigenvalue weighted by Crippen LogP contribution is -2.17. The van der Waals surface area contributed by atoms with E-state index < -0.39 is 0 Å². The molecule has 0 aromatic carbocycles. The molecule has 15 heavy (non-hydrogen) atoms. The van der Waals surface area contributed by atoms with Crippen molar-refractivity contribution in [2.45, 2.75) is 26.2 Å². The van der Waals surface area contributed by atoms with Crippen LogP contribution in [0.25, 0.3) is 0 Å². The Morgan fingerprint density at radius 2 is 2.13 bits per heavy atom. The van der Waals surface area contributed by atoms with Crippen LogP contribution in [0, 0.1) is 17.2 Å². The van der Waals surface area contributed by atoms with Crippen molar-refractivity contribution in [3.05, 3.63) is 30.1 Å².